The van der Waals surface area contributed by atoms with Crippen LogP contribution in [0.4, 0.5) is 13.2 Å². The molecule has 0 amide bonds. The van der Waals surface area contributed by atoms with Crippen molar-refractivity contribution in [3.63, 3.8) is 0 Å². The van der Waals surface area contributed by atoms with E-state index in [2.05, 4.69) is 0 Å². The summed E-state index contributed by atoms with van der Waals surface area (Å²) in [5.41, 5.74) is 0.0758. The molecule has 0 aliphatic heterocycles. The van der Waals surface area contributed by atoms with Gasteiger partial charge in [0.15, 0.2) is 11.6 Å². The van der Waals surface area contributed by atoms with Crippen molar-refractivity contribution in [2.45, 2.75) is 52.4 Å². The summed E-state index contributed by atoms with van der Waals surface area (Å²) < 4.78 is 48.9. The van der Waals surface area contributed by atoms with Crippen molar-refractivity contribution >= 4 is 10.8 Å². The average Bonchev–Trinajstić information content (AvgIpc) is 2.72. The Morgan fingerprint density at radius 2 is 1.47 bits per heavy atom. The maximum absolute atomic E-state index is 14.9. The van der Waals surface area contributed by atoms with E-state index in [0.29, 0.717) is 36.0 Å². The van der Waals surface area contributed by atoms with Crippen molar-refractivity contribution in [2.24, 2.45) is 0 Å². The van der Waals surface area contributed by atoms with Gasteiger partial charge in [-0.05, 0) is 67.2 Å². The van der Waals surface area contributed by atoms with Crippen LogP contribution in [0.1, 0.15) is 49.1 Å². The Bertz CT molecular complexity index is 1130. The molecule has 3 aromatic rings. The average molecular weight is 414 g/mol. The highest BCUT2D eigenvalue weighted by Gasteiger charge is 2.16. The minimum absolute atomic E-state index is 0.0988. The topological polar surface area (TPSA) is 30.2 Å². The van der Waals surface area contributed by atoms with E-state index in [1.54, 1.807) is 30.3 Å². The summed E-state index contributed by atoms with van der Waals surface area (Å²) in [4.78, 5) is 12.2. The lowest BCUT2D eigenvalue weighted by atomic mass is 9.98. The standard InChI is InChI=1S/C25H25F3O2/c1-3-5-6-8-16-9-11-18(24(28)23(16)27)12-10-17-13-14-19-15-20(7-4-2)30-25(29)21(19)22(17)26/h3,5,9,11,13-15H,4,6-8,10,12H2,1-2H3/b5-3+. The van der Waals surface area contributed by atoms with Crippen LogP contribution in [0.25, 0.3) is 10.8 Å². The second-order valence-electron chi connectivity index (χ2n) is 7.37. The molecule has 0 atom stereocenters. The number of hydrogen-bond acceptors (Lipinski definition) is 2. The van der Waals surface area contributed by atoms with Gasteiger partial charge in [-0.1, -0.05) is 43.3 Å². The number of aryl methyl sites for hydroxylation is 4. The summed E-state index contributed by atoms with van der Waals surface area (Å²) in [6.07, 6.45) is 6.50. The van der Waals surface area contributed by atoms with Gasteiger partial charge in [0.25, 0.3) is 0 Å². The Balaban J connectivity index is 1.83. The molecule has 0 spiro atoms. The molecule has 0 saturated carbocycles. The van der Waals surface area contributed by atoms with E-state index in [1.165, 1.54) is 0 Å². The van der Waals surface area contributed by atoms with E-state index < -0.39 is 23.1 Å². The third kappa shape index (κ3) is 4.66. The summed E-state index contributed by atoms with van der Waals surface area (Å²) in [6, 6.07) is 8.07. The normalized spacial score (nSPS) is 11.6. The molecule has 0 bridgehead atoms. The van der Waals surface area contributed by atoms with Gasteiger partial charge in [0.2, 0.25) is 0 Å². The highest BCUT2D eigenvalue weighted by atomic mass is 19.2. The van der Waals surface area contributed by atoms with E-state index in [-0.39, 0.29) is 29.4 Å². The van der Waals surface area contributed by atoms with Gasteiger partial charge in [-0.25, -0.2) is 18.0 Å². The lowest BCUT2D eigenvalue weighted by Gasteiger charge is -2.10. The number of rotatable bonds is 8. The van der Waals surface area contributed by atoms with Gasteiger partial charge in [-0.15, -0.1) is 0 Å². The minimum atomic E-state index is -0.891. The summed E-state index contributed by atoms with van der Waals surface area (Å²) in [5.74, 6) is -1.87. The van der Waals surface area contributed by atoms with Crippen molar-refractivity contribution in [2.75, 3.05) is 0 Å². The smallest absolute Gasteiger partial charge is 0.346 e. The lowest BCUT2D eigenvalue weighted by Crippen LogP contribution is -2.07. The molecular formula is C25H25F3O2. The molecule has 1 aromatic heterocycles. The Kier molecular flexibility index (Phi) is 7.14. The maximum atomic E-state index is 14.9. The fraction of sp³-hybridized carbons (Fsp3) is 0.320. The Morgan fingerprint density at radius 3 is 2.10 bits per heavy atom. The summed E-state index contributed by atoms with van der Waals surface area (Å²) in [6.45, 7) is 3.84. The zero-order valence-corrected chi connectivity index (χ0v) is 17.2. The predicted molar refractivity (Wildman–Crippen MR) is 113 cm³/mol. The molecule has 2 nitrogen and oxygen atoms in total. The van der Waals surface area contributed by atoms with Gasteiger partial charge in [0, 0.05) is 6.42 Å². The summed E-state index contributed by atoms with van der Waals surface area (Å²) in [7, 11) is 0. The second kappa shape index (κ2) is 9.79. The molecule has 0 aliphatic rings. The van der Waals surface area contributed by atoms with E-state index in [1.807, 2.05) is 26.0 Å². The van der Waals surface area contributed by atoms with Gasteiger partial charge < -0.3 is 4.42 Å². The largest absolute Gasteiger partial charge is 0.427 e. The molecule has 5 heteroatoms. The third-order valence-corrected chi connectivity index (χ3v) is 5.22. The Hall–Kier alpha value is -2.82. The second-order valence-corrected chi connectivity index (χ2v) is 7.37. The highest BCUT2D eigenvalue weighted by Crippen LogP contribution is 2.23. The van der Waals surface area contributed by atoms with Crippen molar-refractivity contribution in [1.29, 1.82) is 0 Å². The number of allylic oxidation sites excluding steroid dienone is 2. The van der Waals surface area contributed by atoms with Crippen LogP contribution in [0.3, 0.4) is 0 Å². The van der Waals surface area contributed by atoms with Crippen molar-refractivity contribution in [3.05, 3.63) is 92.8 Å². The first-order valence-electron chi connectivity index (χ1n) is 10.3. The van der Waals surface area contributed by atoms with Crippen LogP contribution in [0.5, 0.6) is 0 Å². The van der Waals surface area contributed by atoms with Crippen LogP contribution in [0.15, 0.2) is 51.7 Å². The molecule has 3 rings (SSSR count). The summed E-state index contributed by atoms with van der Waals surface area (Å²) >= 11 is 0. The monoisotopic (exact) mass is 414 g/mol. The van der Waals surface area contributed by atoms with Crippen LogP contribution < -0.4 is 5.63 Å². The van der Waals surface area contributed by atoms with Crippen molar-refractivity contribution in [3.8, 4) is 0 Å². The molecule has 0 N–H and O–H groups in total. The molecule has 0 radical (unpaired) electrons. The number of halogens is 3. The lowest BCUT2D eigenvalue weighted by molar-refractivity contribution is 0.461. The molecule has 0 fully saturated rings. The van der Waals surface area contributed by atoms with E-state index in [0.717, 1.165) is 6.42 Å². The summed E-state index contributed by atoms with van der Waals surface area (Å²) in [5, 5.41) is 0.386. The SMILES string of the molecule is C/C=C/CCc1ccc(CCc2ccc3cc(CCC)oc(=O)c3c2F)c(F)c1F. The molecule has 0 saturated heterocycles. The van der Waals surface area contributed by atoms with E-state index >= 15 is 0 Å². The van der Waals surface area contributed by atoms with Gasteiger partial charge >= 0.3 is 5.63 Å². The Morgan fingerprint density at radius 1 is 0.867 bits per heavy atom. The van der Waals surface area contributed by atoms with Crippen LogP contribution in [-0.2, 0) is 25.7 Å². The van der Waals surface area contributed by atoms with Crippen molar-refractivity contribution < 1.29 is 17.6 Å². The van der Waals surface area contributed by atoms with E-state index in [4.69, 9.17) is 4.42 Å². The molecule has 1 heterocycles. The molecule has 0 unspecified atom stereocenters. The van der Waals surface area contributed by atoms with Crippen LogP contribution in [0, 0.1) is 17.5 Å². The van der Waals surface area contributed by atoms with Gasteiger partial charge in [0.05, 0.1) is 0 Å². The molecule has 0 aliphatic carbocycles. The quantitative estimate of drug-likeness (QED) is 0.396. The van der Waals surface area contributed by atoms with Crippen LogP contribution in [-0.4, -0.2) is 0 Å². The first-order valence-corrected chi connectivity index (χ1v) is 10.3. The zero-order valence-electron chi connectivity index (χ0n) is 17.2. The maximum Gasteiger partial charge on any atom is 0.346 e. The molecule has 158 valence electrons. The number of benzene rings is 2. The third-order valence-electron chi connectivity index (χ3n) is 5.22. The number of fused-ring (bicyclic) bond motifs is 1. The zero-order chi connectivity index (χ0) is 21.7. The highest BCUT2D eigenvalue weighted by molar-refractivity contribution is 5.82. The number of hydrogen-bond donors (Lipinski definition) is 0. The molecule has 2 aromatic carbocycles. The first kappa shape index (κ1) is 21.9. The van der Waals surface area contributed by atoms with Gasteiger partial charge in [-0.2, -0.15) is 0 Å². The van der Waals surface area contributed by atoms with Gasteiger partial charge in [0.1, 0.15) is 17.0 Å². The first-order chi connectivity index (χ1) is 14.5. The fourth-order valence-corrected chi connectivity index (χ4v) is 3.59. The minimum Gasteiger partial charge on any atom is -0.427 e. The van der Waals surface area contributed by atoms with Crippen LogP contribution in [0.2, 0.25) is 0 Å². The van der Waals surface area contributed by atoms with E-state index in [9.17, 15) is 18.0 Å². The predicted octanol–water partition coefficient (Wildman–Crippen LogP) is 6.46. The fourth-order valence-electron chi connectivity index (χ4n) is 3.59. The molecular weight excluding hydrogens is 389 g/mol. The molecule has 30 heavy (non-hydrogen) atoms. The van der Waals surface area contributed by atoms with Crippen LogP contribution >= 0.6 is 0 Å². The van der Waals surface area contributed by atoms with Crippen molar-refractivity contribution in [1.82, 2.24) is 0 Å². The van der Waals surface area contributed by atoms with Gasteiger partial charge in [-0.3, -0.25) is 0 Å². The Labute approximate surface area is 174 Å².